The summed E-state index contributed by atoms with van der Waals surface area (Å²) in [5.74, 6) is 0.0376. The normalized spacial score (nSPS) is 18.4. The third-order valence-corrected chi connectivity index (χ3v) is 3.88. The SMILES string of the molecule is CCC(CC)CN1CCC(OCCC(=O)O)CC1. The van der Waals surface area contributed by atoms with Crippen LogP contribution in [-0.4, -0.2) is 48.3 Å². The Morgan fingerprint density at radius 3 is 2.44 bits per heavy atom. The van der Waals surface area contributed by atoms with Crippen molar-refractivity contribution in [2.45, 2.75) is 52.1 Å². The molecule has 0 aromatic heterocycles. The molecule has 1 rings (SSSR count). The second kappa shape index (κ2) is 8.48. The fraction of sp³-hybridized carbons (Fsp3) is 0.929. The standard InChI is InChI=1S/C14H27NO3/c1-3-12(4-2)11-15-8-5-13(6-9-15)18-10-7-14(16)17/h12-13H,3-11H2,1-2H3,(H,16,17). The summed E-state index contributed by atoms with van der Waals surface area (Å²) in [4.78, 5) is 12.9. The molecule has 0 aromatic rings. The minimum Gasteiger partial charge on any atom is -0.481 e. The van der Waals surface area contributed by atoms with Gasteiger partial charge in [-0.15, -0.1) is 0 Å². The summed E-state index contributed by atoms with van der Waals surface area (Å²) in [6, 6.07) is 0. The van der Waals surface area contributed by atoms with Crippen LogP contribution in [0.5, 0.6) is 0 Å². The molecule has 1 N–H and O–H groups in total. The molecule has 1 aliphatic heterocycles. The molecule has 1 fully saturated rings. The van der Waals surface area contributed by atoms with Crippen LogP contribution in [0.15, 0.2) is 0 Å². The molecule has 106 valence electrons. The molecule has 18 heavy (non-hydrogen) atoms. The predicted molar refractivity (Wildman–Crippen MR) is 71.7 cm³/mol. The lowest BCUT2D eigenvalue weighted by molar-refractivity contribution is -0.138. The van der Waals surface area contributed by atoms with E-state index in [0.29, 0.717) is 6.61 Å². The van der Waals surface area contributed by atoms with E-state index in [1.165, 1.54) is 19.4 Å². The number of piperidine rings is 1. The number of hydrogen-bond acceptors (Lipinski definition) is 3. The molecule has 0 atom stereocenters. The summed E-state index contributed by atoms with van der Waals surface area (Å²) >= 11 is 0. The molecule has 0 aromatic carbocycles. The highest BCUT2D eigenvalue weighted by Gasteiger charge is 2.21. The first-order valence-corrected chi connectivity index (χ1v) is 7.21. The van der Waals surface area contributed by atoms with Crippen LogP contribution in [0.2, 0.25) is 0 Å². The summed E-state index contributed by atoms with van der Waals surface area (Å²) < 4.78 is 5.59. The molecule has 0 spiro atoms. The van der Waals surface area contributed by atoms with Gasteiger partial charge in [0, 0.05) is 19.6 Å². The summed E-state index contributed by atoms with van der Waals surface area (Å²) in [5.41, 5.74) is 0. The van der Waals surface area contributed by atoms with Gasteiger partial charge in [-0.05, 0) is 18.8 Å². The van der Waals surface area contributed by atoms with Gasteiger partial charge in [-0.25, -0.2) is 0 Å². The summed E-state index contributed by atoms with van der Waals surface area (Å²) in [6.07, 6.45) is 4.98. The number of nitrogens with zero attached hydrogens (tertiary/aromatic N) is 1. The predicted octanol–water partition coefficient (Wildman–Crippen LogP) is 2.38. The number of ether oxygens (including phenoxy) is 1. The number of likely N-dealkylation sites (tertiary alicyclic amines) is 1. The Kier molecular flexibility index (Phi) is 7.28. The fourth-order valence-electron chi connectivity index (χ4n) is 2.48. The largest absolute Gasteiger partial charge is 0.481 e. The van der Waals surface area contributed by atoms with E-state index in [1.54, 1.807) is 0 Å². The average molecular weight is 257 g/mol. The van der Waals surface area contributed by atoms with Gasteiger partial charge in [0.15, 0.2) is 0 Å². The summed E-state index contributed by atoms with van der Waals surface area (Å²) in [6.45, 7) is 8.26. The van der Waals surface area contributed by atoms with E-state index in [2.05, 4.69) is 18.7 Å². The fourth-order valence-corrected chi connectivity index (χ4v) is 2.48. The Hall–Kier alpha value is -0.610. The van der Waals surface area contributed by atoms with Crippen molar-refractivity contribution in [1.29, 1.82) is 0 Å². The maximum Gasteiger partial charge on any atom is 0.305 e. The van der Waals surface area contributed by atoms with Crippen LogP contribution >= 0.6 is 0 Å². The number of carboxylic acid groups (broad SMARTS) is 1. The van der Waals surface area contributed by atoms with Crippen LogP contribution in [-0.2, 0) is 9.53 Å². The average Bonchev–Trinajstić information content (AvgIpc) is 2.37. The van der Waals surface area contributed by atoms with Crippen molar-refractivity contribution in [3.63, 3.8) is 0 Å². The van der Waals surface area contributed by atoms with Gasteiger partial charge in [0.2, 0.25) is 0 Å². The molecule has 1 aliphatic rings. The van der Waals surface area contributed by atoms with Crippen molar-refractivity contribution < 1.29 is 14.6 Å². The highest BCUT2D eigenvalue weighted by atomic mass is 16.5. The van der Waals surface area contributed by atoms with Gasteiger partial charge in [-0.2, -0.15) is 0 Å². The Morgan fingerprint density at radius 2 is 1.94 bits per heavy atom. The Bertz CT molecular complexity index is 233. The van der Waals surface area contributed by atoms with Gasteiger partial charge in [0.25, 0.3) is 0 Å². The number of aliphatic carboxylic acids is 1. The Balaban J connectivity index is 2.14. The molecule has 4 heteroatoms. The molecular weight excluding hydrogens is 230 g/mol. The van der Waals surface area contributed by atoms with Crippen LogP contribution in [0.1, 0.15) is 46.0 Å². The second-order valence-corrected chi connectivity index (χ2v) is 5.20. The summed E-state index contributed by atoms with van der Waals surface area (Å²) in [5, 5.41) is 8.55. The molecule has 4 nitrogen and oxygen atoms in total. The van der Waals surface area contributed by atoms with E-state index >= 15 is 0 Å². The van der Waals surface area contributed by atoms with Gasteiger partial charge in [0.05, 0.1) is 19.1 Å². The molecule has 1 saturated heterocycles. The topological polar surface area (TPSA) is 49.8 Å². The highest BCUT2D eigenvalue weighted by molar-refractivity contribution is 5.66. The van der Waals surface area contributed by atoms with Crippen molar-refractivity contribution in [3.05, 3.63) is 0 Å². The molecule has 0 bridgehead atoms. The van der Waals surface area contributed by atoms with E-state index < -0.39 is 5.97 Å². The van der Waals surface area contributed by atoms with E-state index in [9.17, 15) is 4.79 Å². The third-order valence-electron chi connectivity index (χ3n) is 3.88. The van der Waals surface area contributed by atoms with Crippen molar-refractivity contribution in [1.82, 2.24) is 4.90 Å². The maximum atomic E-state index is 10.4. The highest BCUT2D eigenvalue weighted by Crippen LogP contribution is 2.17. The Morgan fingerprint density at radius 1 is 1.33 bits per heavy atom. The van der Waals surface area contributed by atoms with Gasteiger partial charge in [-0.3, -0.25) is 4.79 Å². The van der Waals surface area contributed by atoms with Crippen LogP contribution < -0.4 is 0 Å². The lowest BCUT2D eigenvalue weighted by Gasteiger charge is -2.33. The lowest BCUT2D eigenvalue weighted by Crippen LogP contribution is -2.39. The van der Waals surface area contributed by atoms with Crippen LogP contribution in [0.25, 0.3) is 0 Å². The van der Waals surface area contributed by atoms with Crippen molar-refractivity contribution in [3.8, 4) is 0 Å². The first kappa shape index (κ1) is 15.4. The minimum atomic E-state index is -0.777. The third kappa shape index (κ3) is 5.83. The van der Waals surface area contributed by atoms with Crippen LogP contribution in [0.4, 0.5) is 0 Å². The lowest BCUT2D eigenvalue weighted by atomic mass is 10.0. The van der Waals surface area contributed by atoms with Gasteiger partial charge < -0.3 is 14.7 Å². The Labute approximate surface area is 110 Å². The first-order chi connectivity index (χ1) is 8.65. The number of carbonyl (C=O) groups is 1. The number of hydrogen-bond donors (Lipinski definition) is 1. The molecule has 1 heterocycles. The van der Waals surface area contributed by atoms with Crippen LogP contribution in [0, 0.1) is 5.92 Å². The van der Waals surface area contributed by atoms with Gasteiger partial charge in [-0.1, -0.05) is 26.7 Å². The van der Waals surface area contributed by atoms with E-state index in [1.807, 2.05) is 0 Å². The quantitative estimate of drug-likeness (QED) is 0.725. The van der Waals surface area contributed by atoms with E-state index in [4.69, 9.17) is 9.84 Å². The monoisotopic (exact) mass is 257 g/mol. The number of carboxylic acids is 1. The molecule has 0 radical (unpaired) electrons. The summed E-state index contributed by atoms with van der Waals surface area (Å²) in [7, 11) is 0. The van der Waals surface area contributed by atoms with Crippen molar-refractivity contribution in [2.75, 3.05) is 26.2 Å². The molecule has 0 unspecified atom stereocenters. The van der Waals surface area contributed by atoms with Gasteiger partial charge in [0.1, 0.15) is 0 Å². The zero-order chi connectivity index (χ0) is 13.4. The maximum absolute atomic E-state index is 10.4. The molecule has 0 saturated carbocycles. The molecule has 0 aliphatic carbocycles. The van der Waals surface area contributed by atoms with Crippen molar-refractivity contribution >= 4 is 5.97 Å². The smallest absolute Gasteiger partial charge is 0.305 e. The van der Waals surface area contributed by atoms with E-state index in [-0.39, 0.29) is 12.5 Å². The zero-order valence-corrected chi connectivity index (χ0v) is 11.7. The van der Waals surface area contributed by atoms with Crippen LogP contribution in [0.3, 0.4) is 0 Å². The minimum absolute atomic E-state index is 0.119. The number of rotatable bonds is 8. The molecule has 0 amide bonds. The van der Waals surface area contributed by atoms with Gasteiger partial charge >= 0.3 is 5.97 Å². The van der Waals surface area contributed by atoms with Crippen molar-refractivity contribution in [2.24, 2.45) is 5.92 Å². The van der Waals surface area contributed by atoms with E-state index in [0.717, 1.165) is 31.8 Å². The first-order valence-electron chi connectivity index (χ1n) is 7.21. The molecular formula is C14H27NO3. The zero-order valence-electron chi connectivity index (χ0n) is 11.7. The second-order valence-electron chi connectivity index (χ2n) is 5.20.